The molecule has 218 valence electrons. The molecule has 1 saturated heterocycles. The van der Waals surface area contributed by atoms with E-state index < -0.39 is 28.8 Å². The van der Waals surface area contributed by atoms with Crippen LogP contribution in [0.2, 0.25) is 0 Å². The number of carbonyl (C=O) groups is 1. The third kappa shape index (κ3) is 7.48. The van der Waals surface area contributed by atoms with E-state index in [-0.39, 0.29) is 13.2 Å². The third-order valence-corrected chi connectivity index (χ3v) is 7.29. The SMILES string of the molecule is CC(C)(C)OC(=O)N1CCC(COCc2cc(-c3ccc(C#N)cc3)cc(C(F)(F)F)c2)(c2cccc(C#N)c2)CC1. The number of nitriles is 2. The molecule has 9 heteroatoms. The molecule has 0 unspecified atom stereocenters. The molecule has 42 heavy (non-hydrogen) atoms. The van der Waals surface area contributed by atoms with Crippen LogP contribution >= 0.6 is 0 Å². The number of benzene rings is 3. The first-order chi connectivity index (χ1) is 19.8. The lowest BCUT2D eigenvalue weighted by atomic mass is 9.73. The molecule has 3 aromatic carbocycles. The molecule has 3 aromatic rings. The van der Waals surface area contributed by atoms with Crippen molar-refractivity contribution in [1.29, 1.82) is 10.5 Å². The first kappa shape index (κ1) is 30.6. The van der Waals surface area contributed by atoms with E-state index in [2.05, 4.69) is 6.07 Å². The summed E-state index contributed by atoms with van der Waals surface area (Å²) >= 11 is 0. The minimum absolute atomic E-state index is 0.0668. The molecule has 1 aliphatic rings. The van der Waals surface area contributed by atoms with Crippen LogP contribution in [0.15, 0.2) is 66.7 Å². The van der Waals surface area contributed by atoms with Crippen molar-refractivity contribution in [3.05, 3.63) is 94.5 Å². The standard InChI is InChI=1S/C33H32F3N3O3/c1-31(2,3)42-30(40)39-13-11-32(12-14-39,28-6-4-5-24(16-28)20-38)22-41-21-25-15-27(18-29(17-25)33(34,35)36)26-9-7-23(19-37)8-10-26/h4-10,15-18H,11-14,21-22H2,1-3H3. The Hall–Kier alpha value is -4.34. The van der Waals surface area contributed by atoms with Crippen LogP contribution in [0.5, 0.6) is 0 Å². The van der Waals surface area contributed by atoms with Crippen molar-refractivity contribution >= 4 is 6.09 Å². The average Bonchev–Trinajstić information content (AvgIpc) is 2.96. The Bertz CT molecular complexity index is 1500. The Morgan fingerprint density at radius 2 is 1.57 bits per heavy atom. The van der Waals surface area contributed by atoms with Gasteiger partial charge in [0.2, 0.25) is 0 Å². The zero-order chi connectivity index (χ0) is 30.5. The zero-order valence-electron chi connectivity index (χ0n) is 23.8. The molecule has 0 spiro atoms. The molecule has 1 fully saturated rings. The summed E-state index contributed by atoms with van der Waals surface area (Å²) < 4.78 is 53.1. The predicted molar refractivity (Wildman–Crippen MR) is 151 cm³/mol. The van der Waals surface area contributed by atoms with Crippen molar-refractivity contribution in [2.75, 3.05) is 19.7 Å². The maximum absolute atomic E-state index is 13.8. The van der Waals surface area contributed by atoms with Crippen molar-refractivity contribution < 1.29 is 27.4 Å². The highest BCUT2D eigenvalue weighted by atomic mass is 19.4. The predicted octanol–water partition coefficient (Wildman–Crippen LogP) is 7.60. The fraction of sp³-hybridized carbons (Fsp3) is 0.364. The average molecular weight is 576 g/mol. The van der Waals surface area contributed by atoms with Crippen LogP contribution in [0.25, 0.3) is 11.1 Å². The summed E-state index contributed by atoms with van der Waals surface area (Å²) in [5.74, 6) is 0. The number of piperidine rings is 1. The minimum atomic E-state index is -4.55. The van der Waals surface area contributed by atoms with Gasteiger partial charge in [-0.25, -0.2) is 4.79 Å². The van der Waals surface area contributed by atoms with Gasteiger partial charge in [-0.1, -0.05) is 24.3 Å². The number of hydrogen-bond donors (Lipinski definition) is 0. The van der Waals surface area contributed by atoms with Gasteiger partial charge in [-0.2, -0.15) is 23.7 Å². The molecule has 0 bridgehead atoms. The molecule has 0 atom stereocenters. The molecule has 0 N–H and O–H groups in total. The second kappa shape index (κ2) is 12.3. The number of likely N-dealkylation sites (tertiary alicyclic amines) is 1. The molecule has 1 aliphatic heterocycles. The van der Waals surface area contributed by atoms with Crippen molar-refractivity contribution in [3.63, 3.8) is 0 Å². The summed E-state index contributed by atoms with van der Waals surface area (Å²) in [7, 11) is 0. The fourth-order valence-electron chi connectivity index (χ4n) is 5.09. The molecule has 0 radical (unpaired) electrons. The monoisotopic (exact) mass is 575 g/mol. The van der Waals surface area contributed by atoms with Crippen LogP contribution in [0.1, 0.15) is 61.4 Å². The van der Waals surface area contributed by atoms with E-state index >= 15 is 0 Å². The van der Waals surface area contributed by atoms with E-state index in [1.807, 2.05) is 12.1 Å². The Morgan fingerprint density at radius 3 is 2.17 bits per heavy atom. The Kier molecular flexibility index (Phi) is 8.94. The van der Waals surface area contributed by atoms with Crippen LogP contribution in [-0.2, 0) is 27.7 Å². The normalized spacial score (nSPS) is 15.0. The number of hydrogen-bond acceptors (Lipinski definition) is 5. The van der Waals surface area contributed by atoms with E-state index in [0.29, 0.717) is 53.7 Å². The highest BCUT2D eigenvalue weighted by Crippen LogP contribution is 2.38. The summed E-state index contributed by atoms with van der Waals surface area (Å²) in [6.45, 7) is 6.35. The highest BCUT2D eigenvalue weighted by molar-refractivity contribution is 5.68. The molecule has 0 aliphatic carbocycles. The minimum Gasteiger partial charge on any atom is -0.444 e. The van der Waals surface area contributed by atoms with Gasteiger partial charge in [-0.05, 0) is 98.3 Å². The molecule has 6 nitrogen and oxygen atoms in total. The first-order valence-electron chi connectivity index (χ1n) is 13.6. The van der Waals surface area contributed by atoms with E-state index in [0.717, 1.165) is 17.7 Å². The lowest BCUT2D eigenvalue weighted by Gasteiger charge is -2.42. The van der Waals surface area contributed by atoms with Gasteiger partial charge in [0.1, 0.15) is 5.60 Å². The molecule has 1 amide bonds. The number of ether oxygens (including phenoxy) is 2. The van der Waals surface area contributed by atoms with Crippen LogP contribution in [-0.4, -0.2) is 36.3 Å². The quantitative estimate of drug-likeness (QED) is 0.302. The number of carbonyl (C=O) groups excluding carboxylic acids is 1. The van der Waals surface area contributed by atoms with Crippen molar-refractivity contribution in [2.45, 2.75) is 57.4 Å². The Labute approximate surface area is 243 Å². The molecule has 0 aromatic heterocycles. The fourth-order valence-corrected chi connectivity index (χ4v) is 5.09. The maximum atomic E-state index is 13.8. The van der Waals surface area contributed by atoms with Crippen molar-refractivity contribution in [1.82, 2.24) is 4.90 Å². The lowest BCUT2D eigenvalue weighted by Crippen LogP contribution is -2.48. The van der Waals surface area contributed by atoms with E-state index in [9.17, 15) is 23.2 Å². The number of alkyl halides is 3. The van der Waals surface area contributed by atoms with Gasteiger partial charge in [0.15, 0.2) is 0 Å². The molecule has 0 saturated carbocycles. The van der Waals surface area contributed by atoms with E-state index in [1.54, 1.807) is 74.2 Å². The smallest absolute Gasteiger partial charge is 0.416 e. The summed E-state index contributed by atoms with van der Waals surface area (Å²) in [5, 5.41) is 18.5. The largest absolute Gasteiger partial charge is 0.444 e. The van der Waals surface area contributed by atoms with Gasteiger partial charge in [0.05, 0.1) is 42.0 Å². The molecular weight excluding hydrogens is 543 g/mol. The maximum Gasteiger partial charge on any atom is 0.416 e. The highest BCUT2D eigenvalue weighted by Gasteiger charge is 2.39. The summed E-state index contributed by atoms with van der Waals surface area (Å²) in [6.07, 6.45) is -3.90. The van der Waals surface area contributed by atoms with Crippen LogP contribution < -0.4 is 0 Å². The van der Waals surface area contributed by atoms with E-state index in [4.69, 9.17) is 14.7 Å². The van der Waals surface area contributed by atoms with Crippen molar-refractivity contribution in [3.8, 4) is 23.3 Å². The van der Waals surface area contributed by atoms with Gasteiger partial charge in [-0.15, -0.1) is 0 Å². The number of amides is 1. The topological polar surface area (TPSA) is 86.3 Å². The second-order valence-corrected chi connectivity index (χ2v) is 11.5. The Balaban J connectivity index is 1.57. The van der Waals surface area contributed by atoms with Gasteiger partial charge in [0.25, 0.3) is 0 Å². The van der Waals surface area contributed by atoms with Crippen molar-refractivity contribution in [2.24, 2.45) is 0 Å². The summed E-state index contributed by atoms with van der Waals surface area (Å²) in [4.78, 5) is 14.3. The van der Waals surface area contributed by atoms with Gasteiger partial charge in [-0.3, -0.25) is 0 Å². The lowest BCUT2D eigenvalue weighted by molar-refractivity contribution is -0.137. The summed E-state index contributed by atoms with van der Waals surface area (Å²) in [6, 6.07) is 21.6. The van der Waals surface area contributed by atoms with Gasteiger partial charge >= 0.3 is 12.3 Å². The number of rotatable bonds is 6. The summed E-state index contributed by atoms with van der Waals surface area (Å²) in [5.41, 5.74) is 1.11. The number of halogens is 3. The zero-order valence-corrected chi connectivity index (χ0v) is 23.8. The van der Waals surface area contributed by atoms with Crippen LogP contribution in [0.3, 0.4) is 0 Å². The molecular formula is C33H32F3N3O3. The van der Waals surface area contributed by atoms with Crippen LogP contribution in [0.4, 0.5) is 18.0 Å². The van der Waals surface area contributed by atoms with Gasteiger partial charge < -0.3 is 14.4 Å². The third-order valence-electron chi connectivity index (χ3n) is 7.29. The number of nitrogens with zero attached hydrogens (tertiary/aromatic N) is 3. The Morgan fingerprint density at radius 1 is 0.905 bits per heavy atom. The second-order valence-electron chi connectivity index (χ2n) is 11.5. The van der Waals surface area contributed by atoms with E-state index in [1.165, 1.54) is 0 Å². The van der Waals surface area contributed by atoms with Gasteiger partial charge in [0, 0.05) is 18.5 Å². The molecule has 1 heterocycles. The van der Waals surface area contributed by atoms with Crippen LogP contribution in [0, 0.1) is 22.7 Å². The first-order valence-corrected chi connectivity index (χ1v) is 13.6. The molecule has 4 rings (SSSR count).